The number of hydrogen-bond donors (Lipinski definition) is 2. The quantitative estimate of drug-likeness (QED) is 0.851. The van der Waals surface area contributed by atoms with Crippen LogP contribution in [0.2, 0.25) is 0 Å². The van der Waals surface area contributed by atoms with Crippen LogP contribution in [0.15, 0.2) is 48.5 Å². The fourth-order valence-electron chi connectivity index (χ4n) is 1.97. The SMILES string of the molecule is COc1cccc(NC(=O)C(=O)NCc2cccc(C)c2)c1. The molecule has 0 aromatic heterocycles. The fourth-order valence-corrected chi connectivity index (χ4v) is 1.97. The van der Waals surface area contributed by atoms with Gasteiger partial charge in [-0.3, -0.25) is 9.59 Å². The first kappa shape index (κ1) is 15.6. The van der Waals surface area contributed by atoms with Crippen molar-refractivity contribution < 1.29 is 14.3 Å². The smallest absolute Gasteiger partial charge is 0.313 e. The molecule has 0 aliphatic heterocycles. The van der Waals surface area contributed by atoms with Gasteiger partial charge in [0, 0.05) is 18.3 Å². The molecule has 2 N–H and O–H groups in total. The molecule has 0 saturated heterocycles. The van der Waals surface area contributed by atoms with Gasteiger partial charge in [0.05, 0.1) is 7.11 Å². The Morgan fingerprint density at radius 1 is 1.05 bits per heavy atom. The number of rotatable bonds is 4. The predicted octanol–water partition coefficient (Wildman–Crippen LogP) is 2.26. The number of methoxy groups -OCH3 is 1. The predicted molar refractivity (Wildman–Crippen MR) is 84.6 cm³/mol. The van der Waals surface area contributed by atoms with Gasteiger partial charge in [0.25, 0.3) is 0 Å². The number of anilines is 1. The summed E-state index contributed by atoms with van der Waals surface area (Å²) in [5, 5.41) is 5.13. The Bertz CT molecular complexity index is 683. The summed E-state index contributed by atoms with van der Waals surface area (Å²) in [6.45, 7) is 2.28. The van der Waals surface area contributed by atoms with Crippen LogP contribution in [0, 0.1) is 6.92 Å². The lowest BCUT2D eigenvalue weighted by atomic mass is 10.1. The monoisotopic (exact) mass is 298 g/mol. The summed E-state index contributed by atoms with van der Waals surface area (Å²) in [5.41, 5.74) is 2.56. The molecule has 2 aromatic rings. The van der Waals surface area contributed by atoms with Crippen LogP contribution in [0.3, 0.4) is 0 Å². The van der Waals surface area contributed by atoms with Gasteiger partial charge >= 0.3 is 11.8 Å². The van der Waals surface area contributed by atoms with Gasteiger partial charge in [-0.1, -0.05) is 35.9 Å². The van der Waals surface area contributed by atoms with E-state index in [4.69, 9.17) is 4.74 Å². The fraction of sp³-hybridized carbons (Fsp3) is 0.176. The van der Waals surface area contributed by atoms with Crippen LogP contribution < -0.4 is 15.4 Å². The molecule has 2 rings (SSSR count). The maximum Gasteiger partial charge on any atom is 0.313 e. The van der Waals surface area contributed by atoms with Gasteiger partial charge in [0.2, 0.25) is 0 Å². The van der Waals surface area contributed by atoms with E-state index in [1.165, 1.54) is 7.11 Å². The molecule has 0 bridgehead atoms. The van der Waals surface area contributed by atoms with Crippen LogP contribution in [-0.4, -0.2) is 18.9 Å². The average Bonchev–Trinajstić information content (AvgIpc) is 2.52. The minimum Gasteiger partial charge on any atom is -0.497 e. The molecule has 0 fully saturated rings. The van der Waals surface area contributed by atoms with E-state index in [1.807, 2.05) is 31.2 Å². The summed E-state index contributed by atoms with van der Waals surface area (Å²) in [7, 11) is 1.54. The van der Waals surface area contributed by atoms with Gasteiger partial charge in [0.15, 0.2) is 0 Å². The van der Waals surface area contributed by atoms with Crippen molar-refractivity contribution in [3.8, 4) is 5.75 Å². The zero-order chi connectivity index (χ0) is 15.9. The lowest BCUT2D eigenvalue weighted by Crippen LogP contribution is -2.34. The number of amides is 2. The molecule has 5 nitrogen and oxygen atoms in total. The van der Waals surface area contributed by atoms with E-state index in [-0.39, 0.29) is 0 Å². The molecule has 5 heteroatoms. The van der Waals surface area contributed by atoms with E-state index in [0.29, 0.717) is 18.0 Å². The lowest BCUT2D eigenvalue weighted by molar-refractivity contribution is -0.136. The lowest BCUT2D eigenvalue weighted by Gasteiger charge is -2.08. The third-order valence-corrected chi connectivity index (χ3v) is 3.07. The van der Waals surface area contributed by atoms with E-state index in [2.05, 4.69) is 10.6 Å². The highest BCUT2D eigenvalue weighted by atomic mass is 16.5. The summed E-state index contributed by atoms with van der Waals surface area (Å²) in [4.78, 5) is 23.6. The Morgan fingerprint density at radius 3 is 2.55 bits per heavy atom. The minimum atomic E-state index is -0.707. The molecule has 0 saturated carbocycles. The average molecular weight is 298 g/mol. The maximum atomic E-state index is 11.8. The summed E-state index contributed by atoms with van der Waals surface area (Å²) in [6.07, 6.45) is 0. The molecule has 0 heterocycles. The van der Waals surface area contributed by atoms with E-state index in [1.54, 1.807) is 24.3 Å². The van der Waals surface area contributed by atoms with Crippen LogP contribution in [0.5, 0.6) is 5.75 Å². The standard InChI is InChI=1S/C17H18N2O3/c1-12-5-3-6-13(9-12)11-18-16(20)17(21)19-14-7-4-8-15(10-14)22-2/h3-10H,11H2,1-2H3,(H,18,20)(H,19,21). The number of benzene rings is 2. The molecular formula is C17H18N2O3. The normalized spacial score (nSPS) is 9.91. The van der Waals surface area contributed by atoms with Crippen molar-refractivity contribution in [2.45, 2.75) is 13.5 Å². The zero-order valence-corrected chi connectivity index (χ0v) is 12.6. The molecule has 0 aliphatic carbocycles. The Kier molecular flexibility index (Phi) is 5.14. The first-order valence-electron chi connectivity index (χ1n) is 6.87. The number of hydrogen-bond acceptors (Lipinski definition) is 3. The second-order valence-corrected chi connectivity index (χ2v) is 4.86. The van der Waals surface area contributed by atoms with E-state index >= 15 is 0 Å². The van der Waals surface area contributed by atoms with E-state index in [0.717, 1.165) is 11.1 Å². The summed E-state index contributed by atoms with van der Waals surface area (Å²) in [6, 6.07) is 14.6. The van der Waals surface area contributed by atoms with Crippen LogP contribution in [0.1, 0.15) is 11.1 Å². The zero-order valence-electron chi connectivity index (χ0n) is 12.6. The molecule has 114 valence electrons. The molecule has 0 spiro atoms. The second-order valence-electron chi connectivity index (χ2n) is 4.86. The minimum absolute atomic E-state index is 0.312. The first-order chi connectivity index (χ1) is 10.6. The van der Waals surface area contributed by atoms with Gasteiger partial charge in [-0.2, -0.15) is 0 Å². The number of ether oxygens (including phenoxy) is 1. The number of carbonyl (C=O) groups excluding carboxylic acids is 2. The third-order valence-electron chi connectivity index (χ3n) is 3.07. The van der Waals surface area contributed by atoms with E-state index in [9.17, 15) is 9.59 Å². The number of aryl methyl sites for hydroxylation is 1. The molecular weight excluding hydrogens is 280 g/mol. The van der Waals surface area contributed by atoms with Crippen LogP contribution in [0.25, 0.3) is 0 Å². The highest BCUT2D eigenvalue weighted by Gasteiger charge is 2.13. The van der Waals surface area contributed by atoms with Crippen molar-refractivity contribution in [2.24, 2.45) is 0 Å². The number of carbonyl (C=O) groups is 2. The largest absolute Gasteiger partial charge is 0.497 e. The molecule has 22 heavy (non-hydrogen) atoms. The second kappa shape index (κ2) is 7.26. The Labute approximate surface area is 129 Å². The molecule has 0 atom stereocenters. The van der Waals surface area contributed by atoms with Gasteiger partial charge in [-0.15, -0.1) is 0 Å². The van der Waals surface area contributed by atoms with Gasteiger partial charge < -0.3 is 15.4 Å². The summed E-state index contributed by atoms with van der Waals surface area (Å²) >= 11 is 0. The maximum absolute atomic E-state index is 11.8. The highest BCUT2D eigenvalue weighted by molar-refractivity contribution is 6.39. The molecule has 2 amide bonds. The van der Waals surface area contributed by atoms with Gasteiger partial charge in [-0.25, -0.2) is 0 Å². The highest BCUT2D eigenvalue weighted by Crippen LogP contribution is 2.16. The summed E-state index contributed by atoms with van der Waals surface area (Å²) < 4.78 is 5.06. The summed E-state index contributed by atoms with van der Waals surface area (Å²) in [5.74, 6) is -0.775. The third kappa shape index (κ3) is 4.34. The van der Waals surface area contributed by atoms with Crippen molar-refractivity contribution in [3.05, 3.63) is 59.7 Å². The van der Waals surface area contributed by atoms with Crippen LogP contribution in [-0.2, 0) is 16.1 Å². The molecule has 0 unspecified atom stereocenters. The van der Waals surface area contributed by atoms with Crippen molar-refractivity contribution >= 4 is 17.5 Å². The van der Waals surface area contributed by atoms with E-state index < -0.39 is 11.8 Å². The van der Waals surface area contributed by atoms with Crippen molar-refractivity contribution in [2.75, 3.05) is 12.4 Å². The number of nitrogens with one attached hydrogen (secondary N) is 2. The molecule has 2 aromatic carbocycles. The topological polar surface area (TPSA) is 67.4 Å². The van der Waals surface area contributed by atoms with Crippen molar-refractivity contribution in [1.82, 2.24) is 5.32 Å². The van der Waals surface area contributed by atoms with Gasteiger partial charge in [0.1, 0.15) is 5.75 Å². The molecule has 0 radical (unpaired) electrons. The Hall–Kier alpha value is -2.82. The molecule has 0 aliphatic rings. The van der Waals surface area contributed by atoms with Crippen molar-refractivity contribution in [3.63, 3.8) is 0 Å². The van der Waals surface area contributed by atoms with Crippen LogP contribution >= 0.6 is 0 Å². The van der Waals surface area contributed by atoms with Gasteiger partial charge in [-0.05, 0) is 24.6 Å². The Morgan fingerprint density at radius 2 is 1.82 bits per heavy atom. The van der Waals surface area contributed by atoms with Crippen LogP contribution in [0.4, 0.5) is 5.69 Å². The first-order valence-corrected chi connectivity index (χ1v) is 6.87. The van der Waals surface area contributed by atoms with Crippen molar-refractivity contribution in [1.29, 1.82) is 0 Å². The Balaban J connectivity index is 1.90.